The Morgan fingerprint density at radius 3 is 0.957 bits per heavy atom. The number of aliphatic hydroxyl groups excluding tert-OH is 1. The first-order chi connectivity index (χ1) is 11.4. The molecule has 0 rings (SSSR count). The van der Waals surface area contributed by atoms with E-state index < -0.39 is 0 Å². The van der Waals surface area contributed by atoms with E-state index in [1.54, 1.807) is 7.11 Å². The van der Waals surface area contributed by atoms with Crippen molar-refractivity contribution >= 4 is 0 Å². The third-order valence-corrected chi connectivity index (χ3v) is 2.53. The van der Waals surface area contributed by atoms with Crippen molar-refractivity contribution in [3.8, 4) is 0 Å². The molecule has 0 amide bonds. The SMILES string of the molecule is COCCOCCOCCOCCOCCOCCOCCO. The van der Waals surface area contributed by atoms with Gasteiger partial charge < -0.3 is 38.3 Å². The van der Waals surface area contributed by atoms with Crippen molar-refractivity contribution in [3.05, 3.63) is 0 Å². The third-order valence-electron chi connectivity index (χ3n) is 2.53. The van der Waals surface area contributed by atoms with Gasteiger partial charge in [-0.1, -0.05) is 0 Å². The number of ether oxygens (including phenoxy) is 7. The van der Waals surface area contributed by atoms with E-state index in [-0.39, 0.29) is 6.61 Å². The van der Waals surface area contributed by atoms with Crippen LogP contribution >= 0.6 is 0 Å². The first kappa shape index (κ1) is 22.7. The summed E-state index contributed by atoms with van der Waals surface area (Å²) in [6.45, 7) is 6.90. The molecule has 0 heterocycles. The fraction of sp³-hybridized carbons (Fsp3) is 1.00. The molecule has 0 spiro atoms. The van der Waals surface area contributed by atoms with E-state index in [2.05, 4.69) is 0 Å². The highest BCUT2D eigenvalue weighted by atomic mass is 16.6. The van der Waals surface area contributed by atoms with E-state index in [0.717, 1.165) is 0 Å². The summed E-state index contributed by atoms with van der Waals surface area (Å²) in [5, 5.41) is 8.49. The second kappa shape index (κ2) is 21.7. The second-order valence-corrected chi connectivity index (χ2v) is 4.39. The Bertz CT molecular complexity index is 186. The van der Waals surface area contributed by atoms with Crippen LogP contribution in [-0.2, 0) is 33.2 Å². The summed E-state index contributed by atoms with van der Waals surface area (Å²) in [6.07, 6.45) is 0. The molecular formula is C15H32O8. The molecule has 0 aliphatic heterocycles. The molecule has 8 heteroatoms. The van der Waals surface area contributed by atoms with Crippen molar-refractivity contribution < 1.29 is 38.3 Å². The van der Waals surface area contributed by atoms with Crippen molar-refractivity contribution in [2.75, 3.05) is 99.6 Å². The summed E-state index contributed by atoms with van der Waals surface area (Å²) in [5.41, 5.74) is 0. The van der Waals surface area contributed by atoms with Crippen LogP contribution in [0.25, 0.3) is 0 Å². The molecule has 0 aromatic rings. The molecule has 0 aliphatic rings. The fourth-order valence-corrected chi connectivity index (χ4v) is 1.41. The lowest BCUT2D eigenvalue weighted by Gasteiger charge is -2.08. The van der Waals surface area contributed by atoms with Crippen molar-refractivity contribution in [2.45, 2.75) is 0 Å². The van der Waals surface area contributed by atoms with E-state index in [4.69, 9.17) is 38.3 Å². The van der Waals surface area contributed by atoms with Crippen LogP contribution in [-0.4, -0.2) is 105 Å². The molecule has 0 aromatic heterocycles. The Morgan fingerprint density at radius 2 is 0.696 bits per heavy atom. The molecular weight excluding hydrogens is 308 g/mol. The number of hydrogen-bond acceptors (Lipinski definition) is 8. The quantitative estimate of drug-likeness (QED) is 0.303. The first-order valence-corrected chi connectivity index (χ1v) is 7.98. The Labute approximate surface area is 138 Å². The first-order valence-electron chi connectivity index (χ1n) is 7.98. The highest BCUT2D eigenvalue weighted by Gasteiger charge is 1.93. The maximum absolute atomic E-state index is 8.49. The predicted octanol–water partition coefficient (Wildman–Crippen LogP) is -0.275. The van der Waals surface area contributed by atoms with Gasteiger partial charge in [0.15, 0.2) is 0 Å². The average Bonchev–Trinajstić information content (AvgIpc) is 2.57. The van der Waals surface area contributed by atoms with Crippen LogP contribution in [0, 0.1) is 0 Å². The summed E-state index contributed by atoms with van der Waals surface area (Å²) in [5.74, 6) is 0. The summed E-state index contributed by atoms with van der Waals surface area (Å²) in [7, 11) is 1.64. The Morgan fingerprint density at radius 1 is 0.435 bits per heavy atom. The smallest absolute Gasteiger partial charge is 0.0701 e. The van der Waals surface area contributed by atoms with Gasteiger partial charge in [0, 0.05) is 7.11 Å². The summed E-state index contributed by atoms with van der Waals surface area (Å²) >= 11 is 0. The lowest BCUT2D eigenvalue weighted by atomic mass is 10.6. The predicted molar refractivity (Wildman–Crippen MR) is 83.9 cm³/mol. The van der Waals surface area contributed by atoms with Crippen molar-refractivity contribution in [2.24, 2.45) is 0 Å². The summed E-state index contributed by atoms with van der Waals surface area (Å²) in [6, 6.07) is 0. The van der Waals surface area contributed by atoms with E-state index in [0.29, 0.717) is 85.9 Å². The molecule has 0 saturated heterocycles. The molecule has 0 aliphatic carbocycles. The highest BCUT2D eigenvalue weighted by Crippen LogP contribution is 1.84. The number of rotatable bonds is 20. The Hall–Kier alpha value is -0.320. The molecule has 23 heavy (non-hydrogen) atoms. The van der Waals surface area contributed by atoms with Crippen molar-refractivity contribution in [3.63, 3.8) is 0 Å². The minimum atomic E-state index is 0.0380. The van der Waals surface area contributed by atoms with Gasteiger partial charge in [0.05, 0.1) is 92.5 Å². The van der Waals surface area contributed by atoms with Crippen LogP contribution in [0.3, 0.4) is 0 Å². The summed E-state index contributed by atoms with van der Waals surface area (Å²) < 4.78 is 36.5. The van der Waals surface area contributed by atoms with Gasteiger partial charge >= 0.3 is 0 Å². The average molecular weight is 340 g/mol. The molecule has 0 radical (unpaired) electrons. The van der Waals surface area contributed by atoms with Crippen LogP contribution in [0.15, 0.2) is 0 Å². The van der Waals surface area contributed by atoms with Gasteiger partial charge in [0.1, 0.15) is 0 Å². The zero-order chi connectivity index (χ0) is 16.8. The van der Waals surface area contributed by atoms with Crippen LogP contribution in [0.1, 0.15) is 0 Å². The molecule has 0 fully saturated rings. The lowest BCUT2D eigenvalue weighted by Crippen LogP contribution is -2.14. The number of aliphatic hydroxyl groups is 1. The van der Waals surface area contributed by atoms with Crippen LogP contribution in [0.5, 0.6) is 0 Å². The molecule has 0 atom stereocenters. The monoisotopic (exact) mass is 340 g/mol. The number of hydrogen-bond donors (Lipinski definition) is 1. The van der Waals surface area contributed by atoms with Gasteiger partial charge in [0.2, 0.25) is 0 Å². The van der Waals surface area contributed by atoms with Crippen LogP contribution < -0.4 is 0 Å². The fourth-order valence-electron chi connectivity index (χ4n) is 1.41. The zero-order valence-corrected chi connectivity index (χ0v) is 14.2. The Kier molecular flexibility index (Phi) is 21.4. The molecule has 8 nitrogen and oxygen atoms in total. The van der Waals surface area contributed by atoms with Gasteiger partial charge in [-0.3, -0.25) is 0 Å². The third kappa shape index (κ3) is 21.7. The summed E-state index contributed by atoms with van der Waals surface area (Å²) in [4.78, 5) is 0. The van der Waals surface area contributed by atoms with Gasteiger partial charge in [-0.25, -0.2) is 0 Å². The second-order valence-electron chi connectivity index (χ2n) is 4.39. The standard InChI is InChI=1S/C15H32O8/c1-17-4-5-19-8-9-21-12-13-23-15-14-22-11-10-20-7-6-18-3-2-16/h16H,2-15H2,1H3. The largest absolute Gasteiger partial charge is 0.394 e. The topological polar surface area (TPSA) is 84.8 Å². The van der Waals surface area contributed by atoms with Gasteiger partial charge in [-0.15, -0.1) is 0 Å². The van der Waals surface area contributed by atoms with Gasteiger partial charge in [-0.2, -0.15) is 0 Å². The van der Waals surface area contributed by atoms with Gasteiger partial charge in [-0.05, 0) is 0 Å². The van der Waals surface area contributed by atoms with E-state index >= 15 is 0 Å². The minimum Gasteiger partial charge on any atom is -0.394 e. The minimum absolute atomic E-state index is 0.0380. The van der Waals surface area contributed by atoms with Crippen molar-refractivity contribution in [1.29, 1.82) is 0 Å². The molecule has 0 aromatic carbocycles. The highest BCUT2D eigenvalue weighted by molar-refractivity contribution is 4.36. The molecule has 1 N–H and O–H groups in total. The van der Waals surface area contributed by atoms with E-state index in [1.165, 1.54) is 0 Å². The maximum atomic E-state index is 8.49. The van der Waals surface area contributed by atoms with Gasteiger partial charge in [0.25, 0.3) is 0 Å². The number of methoxy groups -OCH3 is 1. The molecule has 0 saturated carbocycles. The maximum Gasteiger partial charge on any atom is 0.0701 e. The van der Waals surface area contributed by atoms with E-state index in [1.807, 2.05) is 0 Å². The Balaban J connectivity index is 2.92. The van der Waals surface area contributed by atoms with E-state index in [9.17, 15) is 0 Å². The molecule has 0 unspecified atom stereocenters. The van der Waals surface area contributed by atoms with Crippen molar-refractivity contribution in [1.82, 2.24) is 0 Å². The normalized spacial score (nSPS) is 11.2. The zero-order valence-electron chi connectivity index (χ0n) is 14.2. The van der Waals surface area contributed by atoms with Crippen LogP contribution in [0.2, 0.25) is 0 Å². The van der Waals surface area contributed by atoms with Crippen LogP contribution in [0.4, 0.5) is 0 Å². The molecule has 140 valence electrons. The molecule has 0 bridgehead atoms. The lowest BCUT2D eigenvalue weighted by molar-refractivity contribution is -0.0202.